The molecule has 0 aromatic heterocycles. The lowest BCUT2D eigenvalue weighted by atomic mass is 9.97. The summed E-state index contributed by atoms with van der Waals surface area (Å²) >= 11 is 0. The zero-order valence-electron chi connectivity index (χ0n) is 16.2. The van der Waals surface area contributed by atoms with Crippen LogP contribution in [0.2, 0.25) is 0 Å². The quantitative estimate of drug-likeness (QED) is 0.636. The Bertz CT molecular complexity index is 1070. The van der Waals surface area contributed by atoms with Crippen LogP contribution >= 0.6 is 0 Å². The minimum atomic E-state index is -3.61. The highest BCUT2D eigenvalue weighted by Crippen LogP contribution is 2.20. The van der Waals surface area contributed by atoms with Crippen molar-refractivity contribution in [3.8, 4) is 0 Å². The first-order chi connectivity index (χ1) is 14.0. The fourth-order valence-electron chi connectivity index (χ4n) is 2.89. The van der Waals surface area contributed by atoms with Gasteiger partial charge in [0.1, 0.15) is 5.88 Å². The summed E-state index contributed by atoms with van der Waals surface area (Å²) in [5, 5.41) is 2.59. The Morgan fingerprint density at radius 3 is 2.10 bits per heavy atom. The molecule has 148 valence electrons. The highest BCUT2D eigenvalue weighted by molar-refractivity contribution is 7.91. The molecule has 1 atom stereocenters. The number of amides is 1. The molecule has 0 aliphatic rings. The van der Waals surface area contributed by atoms with E-state index in [1.807, 2.05) is 73.7 Å². The molecule has 3 aromatic rings. The molecular formula is C24H23NO3S. The fourth-order valence-corrected chi connectivity index (χ4v) is 3.94. The molecule has 0 fully saturated rings. The second kappa shape index (κ2) is 9.34. The summed E-state index contributed by atoms with van der Waals surface area (Å²) in [6, 6.07) is 25.5. The Balaban J connectivity index is 1.78. The zero-order chi connectivity index (χ0) is 20.7. The van der Waals surface area contributed by atoms with Crippen molar-refractivity contribution in [2.24, 2.45) is 0 Å². The second-order valence-electron chi connectivity index (χ2n) is 6.77. The molecule has 0 saturated heterocycles. The minimum Gasteiger partial charge on any atom is -0.341 e. The van der Waals surface area contributed by atoms with Crippen molar-refractivity contribution in [2.45, 2.75) is 17.7 Å². The zero-order valence-corrected chi connectivity index (χ0v) is 17.0. The maximum Gasteiger partial charge on any atom is 0.232 e. The topological polar surface area (TPSA) is 63.2 Å². The predicted octanol–water partition coefficient (Wildman–Crippen LogP) is 4.34. The monoisotopic (exact) mass is 405 g/mol. The van der Waals surface area contributed by atoms with Gasteiger partial charge in [-0.2, -0.15) is 0 Å². The van der Waals surface area contributed by atoms with E-state index in [1.165, 1.54) is 0 Å². The maximum absolute atomic E-state index is 12.9. The Morgan fingerprint density at radius 2 is 1.48 bits per heavy atom. The molecule has 0 aliphatic carbocycles. The number of aryl methyl sites for hydroxylation is 1. The van der Waals surface area contributed by atoms with Gasteiger partial charge in [0.25, 0.3) is 0 Å². The van der Waals surface area contributed by atoms with Gasteiger partial charge in [0.05, 0.1) is 10.8 Å². The van der Waals surface area contributed by atoms with Crippen LogP contribution in [0.4, 0.5) is 0 Å². The number of carbonyl (C=O) groups excluding carboxylic acids is 1. The highest BCUT2D eigenvalue weighted by atomic mass is 32.2. The van der Waals surface area contributed by atoms with Crippen LogP contribution in [0.1, 0.15) is 22.6 Å². The smallest absolute Gasteiger partial charge is 0.232 e. The number of benzene rings is 3. The molecule has 3 rings (SSSR count). The summed E-state index contributed by atoms with van der Waals surface area (Å²) in [4.78, 5) is 13.1. The summed E-state index contributed by atoms with van der Waals surface area (Å²) in [6.07, 6.45) is 3.66. The van der Waals surface area contributed by atoms with Crippen molar-refractivity contribution in [3.05, 3.63) is 108 Å². The molecular weight excluding hydrogens is 382 g/mol. The SMILES string of the molecule is Cc1ccc(S(=O)(=O)CNC(=O)C(/C=C/c2ccccc2)c2ccccc2)cc1. The van der Waals surface area contributed by atoms with Gasteiger partial charge in [-0.25, -0.2) is 8.42 Å². The molecule has 0 heterocycles. The van der Waals surface area contributed by atoms with Crippen molar-refractivity contribution >= 4 is 21.8 Å². The van der Waals surface area contributed by atoms with Crippen LogP contribution in [0.25, 0.3) is 6.08 Å². The first-order valence-corrected chi connectivity index (χ1v) is 11.0. The van der Waals surface area contributed by atoms with E-state index < -0.39 is 21.6 Å². The molecule has 4 nitrogen and oxygen atoms in total. The van der Waals surface area contributed by atoms with Gasteiger partial charge in [-0.3, -0.25) is 4.79 Å². The van der Waals surface area contributed by atoms with Crippen LogP contribution in [-0.4, -0.2) is 20.2 Å². The van der Waals surface area contributed by atoms with Crippen LogP contribution < -0.4 is 5.32 Å². The molecule has 5 heteroatoms. The maximum atomic E-state index is 12.9. The first kappa shape index (κ1) is 20.6. The summed E-state index contributed by atoms with van der Waals surface area (Å²) < 4.78 is 25.1. The van der Waals surface area contributed by atoms with Crippen LogP contribution in [-0.2, 0) is 14.6 Å². The summed E-state index contributed by atoms with van der Waals surface area (Å²) in [7, 11) is -3.61. The summed E-state index contributed by atoms with van der Waals surface area (Å²) in [5.74, 6) is -1.40. The molecule has 0 bridgehead atoms. The van der Waals surface area contributed by atoms with E-state index >= 15 is 0 Å². The van der Waals surface area contributed by atoms with E-state index in [-0.39, 0.29) is 10.8 Å². The molecule has 3 aromatic carbocycles. The molecule has 29 heavy (non-hydrogen) atoms. The Labute approximate surface area is 171 Å². The first-order valence-electron chi connectivity index (χ1n) is 9.31. The number of nitrogens with one attached hydrogen (secondary N) is 1. The molecule has 0 radical (unpaired) electrons. The van der Waals surface area contributed by atoms with Gasteiger partial charge >= 0.3 is 0 Å². The Hall–Kier alpha value is -3.18. The lowest BCUT2D eigenvalue weighted by molar-refractivity contribution is -0.121. The van der Waals surface area contributed by atoms with Gasteiger partial charge in [-0.15, -0.1) is 0 Å². The van der Waals surface area contributed by atoms with E-state index in [0.717, 1.165) is 16.7 Å². The lowest BCUT2D eigenvalue weighted by Gasteiger charge is -2.14. The molecule has 0 aliphatic heterocycles. The van der Waals surface area contributed by atoms with Crippen molar-refractivity contribution in [2.75, 3.05) is 5.88 Å². The Morgan fingerprint density at radius 1 is 0.897 bits per heavy atom. The third-order valence-corrected chi connectivity index (χ3v) is 6.05. The van der Waals surface area contributed by atoms with Gasteiger partial charge < -0.3 is 5.32 Å². The number of rotatable bonds is 7. The molecule has 0 saturated carbocycles. The van der Waals surface area contributed by atoms with E-state index in [2.05, 4.69) is 5.32 Å². The van der Waals surface area contributed by atoms with E-state index in [9.17, 15) is 13.2 Å². The molecule has 1 unspecified atom stereocenters. The van der Waals surface area contributed by atoms with E-state index in [1.54, 1.807) is 30.3 Å². The highest BCUT2D eigenvalue weighted by Gasteiger charge is 2.21. The largest absolute Gasteiger partial charge is 0.341 e. The second-order valence-corrected chi connectivity index (χ2v) is 8.76. The van der Waals surface area contributed by atoms with E-state index in [4.69, 9.17) is 0 Å². The van der Waals surface area contributed by atoms with Crippen LogP contribution in [0.3, 0.4) is 0 Å². The van der Waals surface area contributed by atoms with Gasteiger partial charge in [0.15, 0.2) is 9.84 Å². The van der Waals surface area contributed by atoms with Crippen LogP contribution in [0, 0.1) is 6.92 Å². The van der Waals surface area contributed by atoms with Gasteiger partial charge in [-0.1, -0.05) is 90.5 Å². The third kappa shape index (κ3) is 5.65. The Kier molecular flexibility index (Phi) is 6.62. The average Bonchev–Trinajstić information content (AvgIpc) is 2.74. The normalized spacial score (nSPS) is 12.6. The van der Waals surface area contributed by atoms with Crippen LogP contribution in [0.15, 0.2) is 95.9 Å². The lowest BCUT2D eigenvalue weighted by Crippen LogP contribution is -2.33. The predicted molar refractivity (Wildman–Crippen MR) is 116 cm³/mol. The fraction of sp³-hybridized carbons (Fsp3) is 0.125. The van der Waals surface area contributed by atoms with Gasteiger partial charge in [0.2, 0.25) is 5.91 Å². The third-order valence-electron chi connectivity index (χ3n) is 4.54. The van der Waals surface area contributed by atoms with Crippen LogP contribution in [0.5, 0.6) is 0 Å². The van der Waals surface area contributed by atoms with Crippen molar-refractivity contribution in [1.82, 2.24) is 5.32 Å². The number of hydrogen-bond donors (Lipinski definition) is 1. The van der Waals surface area contributed by atoms with E-state index in [0.29, 0.717) is 0 Å². The average molecular weight is 406 g/mol. The standard InChI is InChI=1S/C24H23NO3S/c1-19-12-15-22(16-13-19)29(27,28)18-25-24(26)23(21-10-6-3-7-11-21)17-14-20-8-4-2-5-9-20/h2-17,23H,18H2,1H3,(H,25,26)/b17-14+. The summed E-state index contributed by atoms with van der Waals surface area (Å²) in [6.45, 7) is 1.89. The number of sulfone groups is 1. The minimum absolute atomic E-state index is 0.194. The van der Waals surface area contributed by atoms with Crippen molar-refractivity contribution < 1.29 is 13.2 Å². The van der Waals surface area contributed by atoms with Gasteiger partial charge in [-0.05, 0) is 30.2 Å². The van der Waals surface area contributed by atoms with Gasteiger partial charge in [0, 0.05) is 0 Å². The van der Waals surface area contributed by atoms with Crippen molar-refractivity contribution in [3.63, 3.8) is 0 Å². The summed E-state index contributed by atoms with van der Waals surface area (Å²) in [5.41, 5.74) is 2.74. The molecule has 0 spiro atoms. The molecule has 1 amide bonds. The number of carbonyl (C=O) groups is 1. The van der Waals surface area contributed by atoms with Crippen molar-refractivity contribution in [1.29, 1.82) is 0 Å². The number of hydrogen-bond acceptors (Lipinski definition) is 3. The molecule has 1 N–H and O–H groups in total.